The van der Waals surface area contributed by atoms with Crippen molar-refractivity contribution in [3.8, 4) is 0 Å². The van der Waals surface area contributed by atoms with Gasteiger partial charge in [-0.25, -0.2) is 18.6 Å². The molecule has 0 saturated carbocycles. The van der Waals surface area contributed by atoms with Crippen molar-refractivity contribution in [2.24, 2.45) is 0 Å². The second-order valence-electron chi connectivity index (χ2n) is 4.69. The minimum Gasteiger partial charge on any atom is -0.305 e. The van der Waals surface area contributed by atoms with E-state index >= 15 is 0 Å². The van der Waals surface area contributed by atoms with Gasteiger partial charge in [0.2, 0.25) is 0 Å². The van der Waals surface area contributed by atoms with Crippen LogP contribution >= 0.6 is 11.3 Å². The zero-order valence-corrected chi connectivity index (χ0v) is 12.3. The molecule has 112 valence electrons. The van der Waals surface area contributed by atoms with Crippen LogP contribution < -0.4 is 10.6 Å². The van der Waals surface area contributed by atoms with Gasteiger partial charge >= 0.3 is 6.03 Å². The number of carbonyl (C=O) groups is 1. The molecule has 3 rings (SSSR count). The van der Waals surface area contributed by atoms with E-state index in [4.69, 9.17) is 0 Å². The van der Waals surface area contributed by atoms with Crippen molar-refractivity contribution in [1.29, 1.82) is 0 Å². The third-order valence-corrected chi connectivity index (χ3v) is 3.88. The van der Waals surface area contributed by atoms with Crippen LogP contribution in [0.15, 0.2) is 36.4 Å². The number of aryl methyl sites for hydroxylation is 1. The lowest BCUT2D eigenvalue weighted by Crippen LogP contribution is -2.20. The third-order valence-electron chi connectivity index (χ3n) is 2.94. The normalized spacial score (nSPS) is 10.7. The largest absolute Gasteiger partial charge is 0.325 e. The second kappa shape index (κ2) is 5.69. The van der Waals surface area contributed by atoms with Crippen LogP contribution in [0.25, 0.3) is 10.2 Å². The Morgan fingerprint density at radius 2 is 1.95 bits per heavy atom. The molecule has 0 radical (unpaired) electrons. The molecule has 2 amide bonds. The van der Waals surface area contributed by atoms with Crippen LogP contribution in [0.3, 0.4) is 0 Å². The van der Waals surface area contributed by atoms with E-state index in [-0.39, 0.29) is 5.69 Å². The van der Waals surface area contributed by atoms with E-state index in [1.165, 1.54) is 11.3 Å². The lowest BCUT2D eigenvalue weighted by molar-refractivity contribution is 0.262. The number of hydrogen-bond donors (Lipinski definition) is 2. The predicted octanol–water partition coefficient (Wildman–Crippen LogP) is 4.53. The second-order valence-corrected chi connectivity index (χ2v) is 5.72. The standard InChI is InChI=1S/C15H11F2N3OS/c1-8-2-4-12-13(6-8)22-15(19-12)20-14(21)18-11-5-3-9(16)7-10(11)17/h2-7H,1H3,(H2,18,19,20,21). The number of carbonyl (C=O) groups excluding carboxylic acids is 1. The third kappa shape index (κ3) is 3.04. The predicted molar refractivity (Wildman–Crippen MR) is 83.4 cm³/mol. The van der Waals surface area contributed by atoms with Gasteiger partial charge in [-0.1, -0.05) is 17.4 Å². The molecule has 0 aliphatic heterocycles. The molecule has 0 fully saturated rings. The minimum absolute atomic E-state index is 0.101. The molecule has 0 bridgehead atoms. The number of fused-ring (bicyclic) bond motifs is 1. The van der Waals surface area contributed by atoms with Gasteiger partial charge in [-0.3, -0.25) is 5.32 Å². The fourth-order valence-corrected chi connectivity index (χ4v) is 2.89. The van der Waals surface area contributed by atoms with Gasteiger partial charge in [0.1, 0.15) is 11.6 Å². The Bertz CT molecular complexity index is 863. The molecule has 0 aliphatic rings. The first kappa shape index (κ1) is 14.4. The van der Waals surface area contributed by atoms with E-state index in [0.29, 0.717) is 11.2 Å². The van der Waals surface area contributed by atoms with Crippen LogP contribution in [-0.2, 0) is 0 Å². The molecule has 0 saturated heterocycles. The topological polar surface area (TPSA) is 54.0 Å². The fraction of sp³-hybridized carbons (Fsp3) is 0.0667. The van der Waals surface area contributed by atoms with Gasteiger partial charge in [0.15, 0.2) is 5.13 Å². The first-order valence-electron chi connectivity index (χ1n) is 6.41. The van der Waals surface area contributed by atoms with Crippen molar-refractivity contribution in [2.75, 3.05) is 10.6 Å². The smallest absolute Gasteiger partial charge is 0.305 e. The summed E-state index contributed by atoms with van der Waals surface area (Å²) in [6, 6.07) is 8.06. The molecule has 3 aromatic rings. The first-order chi connectivity index (χ1) is 10.5. The zero-order valence-electron chi connectivity index (χ0n) is 11.5. The molecule has 0 atom stereocenters. The quantitative estimate of drug-likeness (QED) is 0.729. The van der Waals surface area contributed by atoms with E-state index in [0.717, 1.165) is 27.9 Å². The van der Waals surface area contributed by atoms with Gasteiger partial charge in [0.05, 0.1) is 15.9 Å². The van der Waals surface area contributed by atoms with E-state index in [2.05, 4.69) is 15.6 Å². The Balaban J connectivity index is 1.75. The van der Waals surface area contributed by atoms with Gasteiger partial charge < -0.3 is 5.32 Å². The summed E-state index contributed by atoms with van der Waals surface area (Å²) < 4.78 is 27.2. The maximum atomic E-state index is 13.5. The van der Waals surface area contributed by atoms with Crippen molar-refractivity contribution in [3.63, 3.8) is 0 Å². The Hall–Kier alpha value is -2.54. The lowest BCUT2D eigenvalue weighted by atomic mass is 10.2. The highest BCUT2D eigenvalue weighted by atomic mass is 32.1. The van der Waals surface area contributed by atoms with E-state index in [9.17, 15) is 13.6 Å². The monoisotopic (exact) mass is 319 g/mol. The van der Waals surface area contributed by atoms with E-state index < -0.39 is 17.7 Å². The van der Waals surface area contributed by atoms with E-state index in [1.807, 2.05) is 25.1 Å². The maximum Gasteiger partial charge on any atom is 0.325 e. The Labute approximate surface area is 128 Å². The number of rotatable bonds is 2. The molecule has 0 aliphatic carbocycles. The van der Waals surface area contributed by atoms with Crippen molar-refractivity contribution in [1.82, 2.24) is 4.98 Å². The molecule has 0 unspecified atom stereocenters. The van der Waals surface area contributed by atoms with Crippen molar-refractivity contribution >= 4 is 38.4 Å². The molecular formula is C15H11F2N3OS. The molecule has 22 heavy (non-hydrogen) atoms. The number of amides is 2. The number of urea groups is 1. The summed E-state index contributed by atoms with van der Waals surface area (Å²) in [5, 5.41) is 5.26. The van der Waals surface area contributed by atoms with Gasteiger partial charge in [0.25, 0.3) is 0 Å². The summed E-state index contributed by atoms with van der Waals surface area (Å²) in [7, 11) is 0. The highest BCUT2D eigenvalue weighted by Gasteiger charge is 2.10. The van der Waals surface area contributed by atoms with E-state index in [1.54, 1.807) is 0 Å². The number of nitrogens with zero attached hydrogens (tertiary/aromatic N) is 1. The van der Waals surface area contributed by atoms with Crippen LogP contribution in [0.4, 0.5) is 24.4 Å². The fourth-order valence-electron chi connectivity index (χ4n) is 1.93. The van der Waals surface area contributed by atoms with Crippen LogP contribution in [0, 0.1) is 18.6 Å². The maximum absolute atomic E-state index is 13.5. The summed E-state index contributed by atoms with van der Waals surface area (Å²) in [5.41, 5.74) is 1.77. The van der Waals surface area contributed by atoms with Crippen LogP contribution in [0.2, 0.25) is 0 Å². The summed E-state index contributed by atoms with van der Waals surface area (Å²) in [5.74, 6) is -1.54. The highest BCUT2D eigenvalue weighted by molar-refractivity contribution is 7.22. The summed E-state index contributed by atoms with van der Waals surface area (Å²) in [6.07, 6.45) is 0. The molecule has 7 heteroatoms. The average molecular weight is 319 g/mol. The number of nitrogens with one attached hydrogen (secondary N) is 2. The summed E-state index contributed by atoms with van der Waals surface area (Å²) in [6.45, 7) is 1.97. The van der Waals surface area contributed by atoms with Crippen molar-refractivity contribution in [2.45, 2.75) is 6.92 Å². The molecule has 2 N–H and O–H groups in total. The average Bonchev–Trinajstić information content (AvgIpc) is 2.83. The summed E-state index contributed by atoms with van der Waals surface area (Å²) in [4.78, 5) is 16.1. The molecular weight excluding hydrogens is 308 g/mol. The van der Waals surface area contributed by atoms with Gasteiger partial charge in [-0.2, -0.15) is 0 Å². The zero-order chi connectivity index (χ0) is 15.7. The first-order valence-corrected chi connectivity index (χ1v) is 7.23. The molecule has 1 aromatic heterocycles. The Morgan fingerprint density at radius 1 is 1.14 bits per heavy atom. The van der Waals surface area contributed by atoms with Gasteiger partial charge in [0, 0.05) is 6.07 Å². The van der Waals surface area contributed by atoms with Gasteiger partial charge in [-0.15, -0.1) is 0 Å². The Morgan fingerprint density at radius 3 is 2.73 bits per heavy atom. The summed E-state index contributed by atoms with van der Waals surface area (Å²) >= 11 is 1.32. The number of anilines is 2. The Kier molecular flexibility index (Phi) is 3.72. The van der Waals surface area contributed by atoms with Gasteiger partial charge in [-0.05, 0) is 36.8 Å². The van der Waals surface area contributed by atoms with Crippen LogP contribution in [0.5, 0.6) is 0 Å². The van der Waals surface area contributed by atoms with Crippen molar-refractivity contribution < 1.29 is 13.6 Å². The number of hydrogen-bond acceptors (Lipinski definition) is 3. The van der Waals surface area contributed by atoms with Crippen LogP contribution in [0.1, 0.15) is 5.56 Å². The number of thiazole rings is 1. The molecule has 2 aromatic carbocycles. The van der Waals surface area contributed by atoms with Crippen molar-refractivity contribution in [3.05, 3.63) is 53.6 Å². The number of aromatic nitrogens is 1. The SMILES string of the molecule is Cc1ccc2nc(NC(=O)Nc3ccc(F)cc3F)sc2c1. The minimum atomic E-state index is -0.838. The lowest BCUT2D eigenvalue weighted by Gasteiger charge is -2.06. The number of benzene rings is 2. The molecule has 4 nitrogen and oxygen atoms in total. The molecule has 0 spiro atoms. The van der Waals surface area contributed by atoms with Crippen LogP contribution in [-0.4, -0.2) is 11.0 Å². The molecule has 1 heterocycles. The highest BCUT2D eigenvalue weighted by Crippen LogP contribution is 2.26. The number of halogens is 2.